The van der Waals surface area contributed by atoms with Crippen LogP contribution in [-0.2, 0) is 0 Å². The summed E-state index contributed by atoms with van der Waals surface area (Å²) in [6.07, 6.45) is 14.9. The average molecular weight is 261 g/mol. The van der Waals surface area contributed by atoms with E-state index in [4.69, 9.17) is 0 Å². The maximum absolute atomic E-state index is 11.2. The first-order valence-corrected chi connectivity index (χ1v) is 8.28. The molecule has 0 aromatic rings. The predicted molar refractivity (Wildman–Crippen MR) is 75.4 cm³/mol. The standard InChI is InChI=1S/C17H27NO/c18-14-16(8-2-1-3-9-16)17(19)12-10-15(11-13-17)6-4-5-7-15/h19H,1-13H2. The van der Waals surface area contributed by atoms with Gasteiger partial charge in [0.25, 0.3) is 0 Å². The van der Waals surface area contributed by atoms with Crippen molar-refractivity contribution in [1.29, 1.82) is 5.26 Å². The molecule has 3 fully saturated rings. The Labute approximate surface area is 117 Å². The molecule has 3 aliphatic carbocycles. The van der Waals surface area contributed by atoms with Crippen molar-refractivity contribution in [2.45, 2.75) is 89.1 Å². The molecule has 0 unspecified atom stereocenters. The molecule has 2 heteroatoms. The average Bonchev–Trinajstić information content (AvgIpc) is 2.92. The third-order valence-electron chi connectivity index (χ3n) is 6.61. The number of hydrogen-bond donors (Lipinski definition) is 1. The third kappa shape index (κ3) is 2.11. The van der Waals surface area contributed by atoms with Gasteiger partial charge in [0.15, 0.2) is 0 Å². The maximum atomic E-state index is 11.2. The van der Waals surface area contributed by atoms with Gasteiger partial charge in [0.2, 0.25) is 0 Å². The normalized spacial score (nSPS) is 32.0. The Morgan fingerprint density at radius 2 is 1.21 bits per heavy atom. The van der Waals surface area contributed by atoms with E-state index in [1.165, 1.54) is 32.1 Å². The minimum Gasteiger partial charge on any atom is -0.388 e. The van der Waals surface area contributed by atoms with Crippen LogP contribution in [0.15, 0.2) is 0 Å². The summed E-state index contributed by atoms with van der Waals surface area (Å²) in [5.74, 6) is 0. The molecule has 3 aliphatic rings. The minimum absolute atomic E-state index is 0.425. The van der Waals surface area contributed by atoms with E-state index in [-0.39, 0.29) is 0 Å². The van der Waals surface area contributed by atoms with Crippen LogP contribution in [-0.4, -0.2) is 10.7 Å². The second kappa shape index (κ2) is 4.77. The third-order valence-corrected chi connectivity index (χ3v) is 6.61. The van der Waals surface area contributed by atoms with Crippen LogP contribution in [0, 0.1) is 22.2 Å². The van der Waals surface area contributed by atoms with Crippen LogP contribution in [0.2, 0.25) is 0 Å². The number of nitriles is 1. The van der Waals surface area contributed by atoms with E-state index in [0.717, 1.165) is 51.4 Å². The highest BCUT2D eigenvalue weighted by Gasteiger charge is 2.54. The summed E-state index contributed by atoms with van der Waals surface area (Å²) < 4.78 is 0. The zero-order chi connectivity index (χ0) is 13.4. The van der Waals surface area contributed by atoms with E-state index in [2.05, 4.69) is 6.07 Å². The van der Waals surface area contributed by atoms with Gasteiger partial charge in [-0.1, -0.05) is 32.1 Å². The van der Waals surface area contributed by atoms with E-state index in [1.807, 2.05) is 0 Å². The van der Waals surface area contributed by atoms with Crippen LogP contribution >= 0.6 is 0 Å². The fourth-order valence-corrected chi connectivity index (χ4v) is 5.13. The Bertz CT molecular complexity index is 359. The second-order valence-electron chi connectivity index (χ2n) is 7.49. The molecule has 1 spiro atoms. The van der Waals surface area contributed by atoms with Gasteiger partial charge in [-0.15, -0.1) is 0 Å². The van der Waals surface area contributed by atoms with Crippen molar-refractivity contribution in [3.05, 3.63) is 0 Å². The van der Waals surface area contributed by atoms with Crippen molar-refractivity contribution >= 4 is 0 Å². The van der Waals surface area contributed by atoms with Gasteiger partial charge >= 0.3 is 0 Å². The molecular weight excluding hydrogens is 234 g/mol. The summed E-state index contributed by atoms with van der Waals surface area (Å²) in [5.41, 5.74) is -0.570. The lowest BCUT2D eigenvalue weighted by Crippen LogP contribution is -2.52. The Morgan fingerprint density at radius 1 is 0.684 bits per heavy atom. The van der Waals surface area contributed by atoms with Crippen LogP contribution in [0.25, 0.3) is 0 Å². The highest BCUT2D eigenvalue weighted by Crippen LogP contribution is 2.57. The largest absolute Gasteiger partial charge is 0.388 e. The molecule has 2 nitrogen and oxygen atoms in total. The molecule has 0 bridgehead atoms. The van der Waals surface area contributed by atoms with Gasteiger partial charge in [-0.05, 0) is 56.8 Å². The smallest absolute Gasteiger partial charge is 0.0860 e. The highest BCUT2D eigenvalue weighted by atomic mass is 16.3. The number of rotatable bonds is 1. The Balaban J connectivity index is 1.75. The minimum atomic E-state index is -0.685. The summed E-state index contributed by atoms with van der Waals surface area (Å²) in [4.78, 5) is 0. The van der Waals surface area contributed by atoms with Crippen molar-refractivity contribution in [2.75, 3.05) is 0 Å². The fourth-order valence-electron chi connectivity index (χ4n) is 5.13. The van der Waals surface area contributed by atoms with E-state index in [1.54, 1.807) is 0 Å². The van der Waals surface area contributed by atoms with E-state index >= 15 is 0 Å². The van der Waals surface area contributed by atoms with Crippen LogP contribution in [0.3, 0.4) is 0 Å². The molecule has 0 aromatic heterocycles. The Morgan fingerprint density at radius 3 is 1.74 bits per heavy atom. The number of aliphatic hydroxyl groups is 1. The molecule has 0 amide bonds. The molecule has 0 aliphatic heterocycles. The first-order chi connectivity index (χ1) is 9.14. The molecule has 0 saturated heterocycles. The topological polar surface area (TPSA) is 44.0 Å². The van der Waals surface area contributed by atoms with E-state index < -0.39 is 11.0 Å². The van der Waals surface area contributed by atoms with Crippen LogP contribution in [0.4, 0.5) is 0 Å². The molecule has 0 atom stereocenters. The van der Waals surface area contributed by atoms with Gasteiger partial charge < -0.3 is 5.11 Å². The fraction of sp³-hybridized carbons (Fsp3) is 0.941. The van der Waals surface area contributed by atoms with Crippen LogP contribution < -0.4 is 0 Å². The van der Waals surface area contributed by atoms with Gasteiger partial charge in [-0.3, -0.25) is 0 Å². The summed E-state index contributed by atoms with van der Waals surface area (Å²) in [7, 11) is 0. The summed E-state index contributed by atoms with van der Waals surface area (Å²) in [6.45, 7) is 0. The predicted octanol–water partition coefficient (Wildman–Crippen LogP) is 4.33. The van der Waals surface area contributed by atoms with Crippen molar-refractivity contribution in [2.24, 2.45) is 10.8 Å². The lowest BCUT2D eigenvalue weighted by Gasteiger charge is -2.51. The van der Waals surface area contributed by atoms with E-state index in [9.17, 15) is 10.4 Å². The zero-order valence-electron chi connectivity index (χ0n) is 12.1. The van der Waals surface area contributed by atoms with Crippen LogP contribution in [0.5, 0.6) is 0 Å². The first-order valence-electron chi connectivity index (χ1n) is 8.28. The van der Waals surface area contributed by atoms with Gasteiger partial charge in [0, 0.05) is 0 Å². The monoisotopic (exact) mass is 261 g/mol. The molecule has 1 N–H and O–H groups in total. The van der Waals surface area contributed by atoms with Crippen molar-refractivity contribution in [1.82, 2.24) is 0 Å². The lowest BCUT2D eigenvalue weighted by molar-refractivity contribution is -0.117. The lowest BCUT2D eigenvalue weighted by atomic mass is 9.55. The molecule has 3 rings (SSSR count). The van der Waals surface area contributed by atoms with Gasteiger partial charge in [0.05, 0.1) is 17.1 Å². The molecule has 0 radical (unpaired) electrons. The van der Waals surface area contributed by atoms with Gasteiger partial charge in [-0.2, -0.15) is 5.26 Å². The summed E-state index contributed by atoms with van der Waals surface area (Å²) >= 11 is 0. The number of nitrogens with zero attached hydrogens (tertiary/aromatic N) is 1. The van der Waals surface area contributed by atoms with Gasteiger partial charge in [0.1, 0.15) is 0 Å². The van der Waals surface area contributed by atoms with Gasteiger partial charge in [-0.25, -0.2) is 0 Å². The Kier molecular flexibility index (Phi) is 3.38. The van der Waals surface area contributed by atoms with Crippen molar-refractivity contribution in [3.8, 4) is 6.07 Å². The molecule has 3 saturated carbocycles. The van der Waals surface area contributed by atoms with Crippen molar-refractivity contribution in [3.63, 3.8) is 0 Å². The SMILES string of the molecule is N#CC1(C2(O)CCC3(CCCC3)CC2)CCCCC1. The molecule has 0 aromatic carbocycles. The quantitative estimate of drug-likeness (QED) is 0.763. The Hall–Kier alpha value is -0.550. The summed E-state index contributed by atoms with van der Waals surface area (Å²) in [5, 5.41) is 20.9. The maximum Gasteiger partial charge on any atom is 0.0860 e. The molecular formula is C17H27NO. The zero-order valence-corrected chi connectivity index (χ0v) is 12.1. The van der Waals surface area contributed by atoms with E-state index in [0.29, 0.717) is 5.41 Å². The molecule has 19 heavy (non-hydrogen) atoms. The number of hydrogen-bond acceptors (Lipinski definition) is 2. The second-order valence-corrected chi connectivity index (χ2v) is 7.49. The molecule has 0 heterocycles. The van der Waals surface area contributed by atoms with Crippen LogP contribution in [0.1, 0.15) is 83.5 Å². The first kappa shape index (κ1) is 13.4. The highest BCUT2D eigenvalue weighted by molar-refractivity contribution is 5.14. The van der Waals surface area contributed by atoms with Crippen molar-refractivity contribution < 1.29 is 5.11 Å². The summed E-state index contributed by atoms with van der Waals surface area (Å²) in [6, 6.07) is 2.56. The molecule has 106 valence electrons.